The van der Waals surface area contributed by atoms with Crippen LogP contribution >= 0.6 is 11.3 Å². The molecule has 0 spiro atoms. The van der Waals surface area contributed by atoms with Crippen molar-refractivity contribution >= 4 is 17.1 Å². The number of aromatic amines is 1. The summed E-state index contributed by atoms with van der Waals surface area (Å²) in [6.07, 6.45) is 1.74. The lowest BCUT2D eigenvalue weighted by atomic mass is 10.1. The summed E-state index contributed by atoms with van der Waals surface area (Å²) in [6.45, 7) is 0. The third-order valence-corrected chi connectivity index (χ3v) is 3.50. The number of rotatable bonds is 4. The first-order valence-corrected chi connectivity index (χ1v) is 6.59. The van der Waals surface area contributed by atoms with Gasteiger partial charge in [-0.1, -0.05) is 30.3 Å². The molecule has 2 aromatic heterocycles. The first kappa shape index (κ1) is 11.7. The van der Waals surface area contributed by atoms with Crippen LogP contribution in [0.2, 0.25) is 0 Å². The van der Waals surface area contributed by atoms with Crippen molar-refractivity contribution < 1.29 is 4.79 Å². The standard InChI is InChI=1S/C13H10N4OS/c18-11(9-4-2-1-3-5-9)6-10-7-19-13(16-10)12-14-8-15-17-12/h1-5,7-8H,6H2,(H,14,15,17). The van der Waals surface area contributed by atoms with Crippen molar-refractivity contribution in [1.29, 1.82) is 0 Å². The van der Waals surface area contributed by atoms with Crippen LogP contribution in [0.5, 0.6) is 0 Å². The van der Waals surface area contributed by atoms with E-state index >= 15 is 0 Å². The molecule has 3 aromatic rings. The van der Waals surface area contributed by atoms with Crippen LogP contribution in [0.4, 0.5) is 0 Å². The fourth-order valence-corrected chi connectivity index (χ4v) is 2.46. The summed E-state index contributed by atoms with van der Waals surface area (Å²) in [7, 11) is 0. The van der Waals surface area contributed by atoms with Gasteiger partial charge < -0.3 is 0 Å². The second-order valence-electron chi connectivity index (χ2n) is 3.94. The lowest BCUT2D eigenvalue weighted by molar-refractivity contribution is 0.0992. The van der Waals surface area contributed by atoms with Gasteiger partial charge >= 0.3 is 0 Å². The second kappa shape index (κ2) is 5.11. The smallest absolute Gasteiger partial charge is 0.184 e. The van der Waals surface area contributed by atoms with Crippen molar-refractivity contribution in [2.45, 2.75) is 6.42 Å². The van der Waals surface area contributed by atoms with E-state index in [1.54, 1.807) is 0 Å². The molecule has 1 N–H and O–H groups in total. The van der Waals surface area contributed by atoms with E-state index in [1.807, 2.05) is 35.7 Å². The van der Waals surface area contributed by atoms with Crippen LogP contribution in [-0.4, -0.2) is 25.9 Å². The quantitative estimate of drug-likeness (QED) is 0.739. The minimum Gasteiger partial charge on any atom is -0.294 e. The van der Waals surface area contributed by atoms with E-state index < -0.39 is 0 Å². The molecule has 94 valence electrons. The van der Waals surface area contributed by atoms with E-state index in [0.29, 0.717) is 17.8 Å². The van der Waals surface area contributed by atoms with Crippen LogP contribution in [0.25, 0.3) is 10.8 Å². The summed E-state index contributed by atoms with van der Waals surface area (Å²) < 4.78 is 0. The highest BCUT2D eigenvalue weighted by Gasteiger charge is 2.11. The number of benzene rings is 1. The number of carbonyl (C=O) groups excluding carboxylic acids is 1. The van der Waals surface area contributed by atoms with Crippen molar-refractivity contribution in [3.63, 3.8) is 0 Å². The van der Waals surface area contributed by atoms with Crippen molar-refractivity contribution in [2.24, 2.45) is 0 Å². The predicted octanol–water partition coefficient (Wildman–Crippen LogP) is 2.35. The molecule has 0 aliphatic heterocycles. The largest absolute Gasteiger partial charge is 0.294 e. The topological polar surface area (TPSA) is 71.5 Å². The zero-order chi connectivity index (χ0) is 13.1. The van der Waals surface area contributed by atoms with E-state index in [2.05, 4.69) is 20.2 Å². The Morgan fingerprint density at radius 1 is 1.26 bits per heavy atom. The van der Waals surface area contributed by atoms with Gasteiger partial charge in [0.05, 0.1) is 12.1 Å². The number of nitrogens with zero attached hydrogens (tertiary/aromatic N) is 3. The minimum absolute atomic E-state index is 0.0648. The normalized spacial score (nSPS) is 10.5. The maximum Gasteiger partial charge on any atom is 0.184 e. The highest BCUT2D eigenvalue weighted by molar-refractivity contribution is 7.13. The van der Waals surface area contributed by atoms with Gasteiger partial charge in [-0.3, -0.25) is 9.89 Å². The Labute approximate surface area is 113 Å². The highest BCUT2D eigenvalue weighted by atomic mass is 32.1. The molecule has 0 bridgehead atoms. The van der Waals surface area contributed by atoms with E-state index in [0.717, 1.165) is 10.7 Å². The monoisotopic (exact) mass is 270 g/mol. The van der Waals surface area contributed by atoms with Crippen molar-refractivity contribution in [3.8, 4) is 10.8 Å². The van der Waals surface area contributed by atoms with Gasteiger partial charge in [-0.2, -0.15) is 5.10 Å². The van der Waals surface area contributed by atoms with Gasteiger partial charge in [0.1, 0.15) is 6.33 Å². The van der Waals surface area contributed by atoms with Crippen LogP contribution in [0.15, 0.2) is 42.0 Å². The predicted molar refractivity (Wildman–Crippen MR) is 72.0 cm³/mol. The Morgan fingerprint density at radius 3 is 2.84 bits per heavy atom. The number of H-pyrrole nitrogens is 1. The Balaban J connectivity index is 1.76. The molecule has 0 saturated carbocycles. The van der Waals surface area contributed by atoms with Crippen LogP contribution in [0.1, 0.15) is 16.1 Å². The summed E-state index contributed by atoms with van der Waals surface area (Å²) in [5.41, 5.74) is 1.46. The summed E-state index contributed by atoms with van der Waals surface area (Å²) in [5.74, 6) is 0.693. The van der Waals surface area contributed by atoms with Gasteiger partial charge in [-0.05, 0) is 0 Å². The van der Waals surface area contributed by atoms with Gasteiger partial charge in [0.25, 0.3) is 0 Å². The van der Waals surface area contributed by atoms with Crippen LogP contribution < -0.4 is 0 Å². The molecule has 0 fully saturated rings. The molecule has 19 heavy (non-hydrogen) atoms. The van der Waals surface area contributed by atoms with Gasteiger partial charge in [0.15, 0.2) is 16.6 Å². The van der Waals surface area contributed by atoms with E-state index in [9.17, 15) is 4.79 Å². The van der Waals surface area contributed by atoms with Gasteiger partial charge in [-0.15, -0.1) is 11.3 Å². The zero-order valence-corrected chi connectivity index (χ0v) is 10.7. The third-order valence-electron chi connectivity index (χ3n) is 2.61. The van der Waals surface area contributed by atoms with E-state index in [-0.39, 0.29) is 5.78 Å². The third kappa shape index (κ3) is 2.58. The zero-order valence-electron chi connectivity index (χ0n) is 9.91. The van der Waals surface area contributed by atoms with Gasteiger partial charge in [0, 0.05) is 10.9 Å². The highest BCUT2D eigenvalue weighted by Crippen LogP contribution is 2.20. The first-order chi connectivity index (χ1) is 9.33. The van der Waals surface area contributed by atoms with E-state index in [1.165, 1.54) is 17.7 Å². The Bertz CT molecular complexity index is 676. The lowest BCUT2D eigenvalue weighted by Crippen LogP contribution is -2.03. The number of Topliss-reactive ketones (excluding diaryl/α,β-unsaturated/α-hetero) is 1. The molecular weight excluding hydrogens is 260 g/mol. The molecule has 5 nitrogen and oxygen atoms in total. The number of nitrogens with one attached hydrogen (secondary N) is 1. The molecule has 1 aromatic carbocycles. The average molecular weight is 270 g/mol. The van der Waals surface area contributed by atoms with Crippen LogP contribution in [0.3, 0.4) is 0 Å². The molecule has 0 radical (unpaired) electrons. The summed E-state index contributed by atoms with van der Waals surface area (Å²) >= 11 is 1.45. The SMILES string of the molecule is O=C(Cc1csc(-c2ncn[nH]2)n1)c1ccccc1. The van der Waals surface area contributed by atoms with Gasteiger partial charge in [-0.25, -0.2) is 9.97 Å². The Morgan fingerprint density at radius 2 is 2.11 bits per heavy atom. The Kier molecular flexibility index (Phi) is 3.16. The van der Waals surface area contributed by atoms with Crippen molar-refractivity contribution in [3.05, 3.63) is 53.3 Å². The lowest BCUT2D eigenvalue weighted by Gasteiger charge is -1.97. The summed E-state index contributed by atoms with van der Waals surface area (Å²) in [4.78, 5) is 20.5. The molecular formula is C13H10N4OS. The molecule has 0 aliphatic rings. The fraction of sp³-hybridized carbons (Fsp3) is 0.0769. The number of hydrogen-bond donors (Lipinski definition) is 1. The minimum atomic E-state index is 0.0648. The fourth-order valence-electron chi connectivity index (χ4n) is 1.70. The van der Waals surface area contributed by atoms with Crippen LogP contribution in [-0.2, 0) is 6.42 Å². The Hall–Kier alpha value is -2.34. The molecule has 0 aliphatic carbocycles. The first-order valence-electron chi connectivity index (χ1n) is 5.71. The van der Waals surface area contributed by atoms with Gasteiger partial charge in [0.2, 0.25) is 0 Å². The number of ketones is 1. The second-order valence-corrected chi connectivity index (χ2v) is 4.80. The number of hydrogen-bond acceptors (Lipinski definition) is 5. The molecule has 0 unspecified atom stereocenters. The summed E-state index contributed by atoms with van der Waals surface area (Å²) in [5, 5.41) is 9.15. The number of aromatic nitrogens is 4. The van der Waals surface area contributed by atoms with E-state index in [4.69, 9.17) is 0 Å². The molecule has 3 rings (SSSR count). The number of carbonyl (C=O) groups is 1. The van der Waals surface area contributed by atoms with Crippen molar-refractivity contribution in [1.82, 2.24) is 20.2 Å². The molecule has 6 heteroatoms. The average Bonchev–Trinajstić information content (AvgIpc) is 3.10. The molecule has 0 atom stereocenters. The molecule has 0 saturated heterocycles. The maximum absolute atomic E-state index is 12.0. The van der Waals surface area contributed by atoms with Crippen molar-refractivity contribution in [2.75, 3.05) is 0 Å². The maximum atomic E-state index is 12.0. The molecule has 0 amide bonds. The van der Waals surface area contributed by atoms with Crippen LogP contribution in [0, 0.1) is 0 Å². The number of thiazole rings is 1. The molecule has 2 heterocycles. The summed E-state index contributed by atoms with van der Waals surface area (Å²) in [6, 6.07) is 9.22.